The van der Waals surface area contributed by atoms with Crippen LogP contribution in [0.1, 0.15) is 41.8 Å². The Morgan fingerprint density at radius 3 is 2.30 bits per heavy atom. The molecule has 0 aliphatic carbocycles. The van der Waals surface area contributed by atoms with E-state index in [-0.39, 0.29) is 23.1 Å². The first kappa shape index (κ1) is 24.7. The van der Waals surface area contributed by atoms with Gasteiger partial charge in [0.05, 0.1) is 28.1 Å². The lowest BCUT2D eigenvalue weighted by molar-refractivity contribution is -0.384. The highest BCUT2D eigenvalue weighted by atomic mass is 19.1. The number of nitrogens with zero attached hydrogens (tertiary/aromatic N) is 4. The molecule has 0 spiro atoms. The Balaban J connectivity index is 1.31. The van der Waals surface area contributed by atoms with E-state index in [4.69, 9.17) is 5.10 Å². The van der Waals surface area contributed by atoms with Gasteiger partial charge in [-0.1, -0.05) is 30.3 Å². The molecule has 1 N–H and O–H groups in total. The van der Waals surface area contributed by atoms with Crippen LogP contribution in [0.3, 0.4) is 0 Å². The van der Waals surface area contributed by atoms with Crippen LogP contribution in [0, 0.1) is 15.9 Å². The van der Waals surface area contributed by atoms with Crippen molar-refractivity contribution in [3.63, 3.8) is 0 Å². The quantitative estimate of drug-likeness (QED) is 0.297. The molecule has 37 heavy (non-hydrogen) atoms. The standard InChI is InChI=1S/C28H27FN4O4/c29-21-9-5-19(6-10-21)17-26-24-3-1-2-4-25(24)28(35)32(30-26)22-13-15-31(16-14-22)18-27(34)20-7-11-23(12-8-20)33(36)37/h1-12,22,27,34H,13-18H2. The third-order valence-corrected chi connectivity index (χ3v) is 7.01. The molecule has 9 heteroatoms. The number of rotatable bonds is 7. The van der Waals surface area contributed by atoms with E-state index in [9.17, 15) is 24.4 Å². The molecule has 0 amide bonds. The van der Waals surface area contributed by atoms with Gasteiger partial charge in [0.15, 0.2) is 0 Å². The smallest absolute Gasteiger partial charge is 0.274 e. The zero-order valence-corrected chi connectivity index (χ0v) is 20.2. The molecule has 1 atom stereocenters. The molecule has 1 saturated heterocycles. The third kappa shape index (κ3) is 5.42. The molecule has 8 nitrogen and oxygen atoms in total. The number of piperidine rings is 1. The number of hydrogen-bond acceptors (Lipinski definition) is 6. The second-order valence-corrected chi connectivity index (χ2v) is 9.44. The highest BCUT2D eigenvalue weighted by Gasteiger charge is 2.25. The summed E-state index contributed by atoms with van der Waals surface area (Å²) in [5, 5.41) is 27.7. The second kappa shape index (κ2) is 10.6. The van der Waals surface area contributed by atoms with Crippen LogP contribution in [0.25, 0.3) is 10.8 Å². The average Bonchev–Trinajstić information content (AvgIpc) is 2.92. The number of β-amino-alcohol motifs (C(OH)–C–C–N with tert-alkyl or cyclic N) is 1. The van der Waals surface area contributed by atoms with Crippen LogP contribution in [0.2, 0.25) is 0 Å². The molecule has 1 fully saturated rings. The van der Waals surface area contributed by atoms with Crippen molar-refractivity contribution >= 4 is 16.5 Å². The number of aliphatic hydroxyl groups is 1. The molecule has 0 bridgehead atoms. The molecular weight excluding hydrogens is 475 g/mol. The number of likely N-dealkylation sites (tertiary alicyclic amines) is 1. The van der Waals surface area contributed by atoms with E-state index in [2.05, 4.69) is 4.90 Å². The van der Waals surface area contributed by atoms with E-state index in [1.54, 1.807) is 28.9 Å². The van der Waals surface area contributed by atoms with Crippen LogP contribution in [0.5, 0.6) is 0 Å². The van der Waals surface area contributed by atoms with Gasteiger partial charge in [0.2, 0.25) is 0 Å². The number of benzene rings is 3. The van der Waals surface area contributed by atoms with E-state index >= 15 is 0 Å². The Morgan fingerprint density at radius 1 is 1.00 bits per heavy atom. The summed E-state index contributed by atoms with van der Waals surface area (Å²) in [7, 11) is 0. The fourth-order valence-corrected chi connectivity index (χ4v) is 4.96. The van der Waals surface area contributed by atoms with E-state index in [1.165, 1.54) is 24.3 Å². The van der Waals surface area contributed by atoms with Crippen molar-refractivity contribution in [3.05, 3.63) is 116 Å². The summed E-state index contributed by atoms with van der Waals surface area (Å²) < 4.78 is 15.0. The first-order chi connectivity index (χ1) is 17.9. The van der Waals surface area contributed by atoms with Crippen molar-refractivity contribution < 1.29 is 14.4 Å². The van der Waals surface area contributed by atoms with Crippen LogP contribution in [-0.4, -0.2) is 44.3 Å². The third-order valence-electron chi connectivity index (χ3n) is 7.01. The number of aliphatic hydroxyl groups excluding tert-OH is 1. The summed E-state index contributed by atoms with van der Waals surface area (Å²) in [6.07, 6.45) is 1.13. The van der Waals surface area contributed by atoms with Crippen LogP contribution < -0.4 is 5.56 Å². The largest absolute Gasteiger partial charge is 0.387 e. The molecule has 0 radical (unpaired) electrons. The van der Waals surface area contributed by atoms with Gasteiger partial charge in [0.1, 0.15) is 5.82 Å². The highest BCUT2D eigenvalue weighted by Crippen LogP contribution is 2.26. The first-order valence-corrected chi connectivity index (χ1v) is 12.3. The predicted molar refractivity (Wildman–Crippen MR) is 138 cm³/mol. The van der Waals surface area contributed by atoms with Gasteiger partial charge in [-0.3, -0.25) is 14.9 Å². The zero-order valence-electron chi connectivity index (χ0n) is 20.2. The Kier molecular flexibility index (Phi) is 7.07. The number of halogens is 1. The topological polar surface area (TPSA) is 102 Å². The molecule has 0 saturated carbocycles. The summed E-state index contributed by atoms with van der Waals surface area (Å²) in [5.41, 5.74) is 2.19. The Bertz CT molecular complexity index is 1460. The minimum Gasteiger partial charge on any atom is -0.387 e. The molecule has 1 aromatic heterocycles. The van der Waals surface area contributed by atoms with Gasteiger partial charge in [-0.2, -0.15) is 5.10 Å². The summed E-state index contributed by atoms with van der Waals surface area (Å²) >= 11 is 0. The molecular formula is C28H27FN4O4. The minimum atomic E-state index is -0.763. The van der Waals surface area contributed by atoms with Gasteiger partial charge < -0.3 is 10.0 Å². The number of aromatic nitrogens is 2. The molecule has 1 aliphatic heterocycles. The molecule has 4 aromatic rings. The summed E-state index contributed by atoms with van der Waals surface area (Å²) in [4.78, 5) is 25.9. The maximum atomic E-state index is 13.4. The van der Waals surface area contributed by atoms with Gasteiger partial charge in [-0.05, 0) is 54.3 Å². The van der Waals surface area contributed by atoms with Crippen molar-refractivity contribution in [1.82, 2.24) is 14.7 Å². The van der Waals surface area contributed by atoms with Crippen LogP contribution in [0.4, 0.5) is 10.1 Å². The lowest BCUT2D eigenvalue weighted by atomic mass is 10.0. The molecule has 2 heterocycles. The fourth-order valence-electron chi connectivity index (χ4n) is 4.96. The summed E-state index contributed by atoms with van der Waals surface area (Å²) in [6.45, 7) is 1.77. The van der Waals surface area contributed by atoms with Crippen molar-refractivity contribution in [2.24, 2.45) is 0 Å². The van der Waals surface area contributed by atoms with E-state index in [1.807, 2.05) is 24.3 Å². The van der Waals surface area contributed by atoms with Crippen molar-refractivity contribution in [2.45, 2.75) is 31.4 Å². The Hall–Kier alpha value is -3.95. The fraction of sp³-hybridized carbons (Fsp3) is 0.286. The van der Waals surface area contributed by atoms with Crippen LogP contribution in [-0.2, 0) is 6.42 Å². The van der Waals surface area contributed by atoms with E-state index in [0.717, 1.165) is 16.6 Å². The van der Waals surface area contributed by atoms with Gasteiger partial charge >= 0.3 is 0 Å². The number of nitro groups is 1. The molecule has 1 aliphatic rings. The van der Waals surface area contributed by atoms with E-state index < -0.39 is 11.0 Å². The number of fused-ring (bicyclic) bond motifs is 1. The van der Waals surface area contributed by atoms with Gasteiger partial charge in [-0.15, -0.1) is 0 Å². The van der Waals surface area contributed by atoms with Crippen LogP contribution >= 0.6 is 0 Å². The highest BCUT2D eigenvalue weighted by molar-refractivity contribution is 5.83. The van der Waals surface area contributed by atoms with Crippen molar-refractivity contribution in [1.29, 1.82) is 0 Å². The first-order valence-electron chi connectivity index (χ1n) is 12.3. The molecule has 3 aromatic carbocycles. The summed E-state index contributed by atoms with van der Waals surface area (Å²) in [5.74, 6) is -0.294. The maximum Gasteiger partial charge on any atom is 0.274 e. The summed E-state index contributed by atoms with van der Waals surface area (Å²) in [6, 6.07) is 19.6. The minimum absolute atomic E-state index is 0.0103. The van der Waals surface area contributed by atoms with Gasteiger partial charge in [0.25, 0.3) is 11.2 Å². The molecule has 190 valence electrons. The molecule has 5 rings (SSSR count). The second-order valence-electron chi connectivity index (χ2n) is 9.44. The average molecular weight is 503 g/mol. The van der Waals surface area contributed by atoms with Crippen molar-refractivity contribution in [2.75, 3.05) is 19.6 Å². The predicted octanol–water partition coefficient (Wildman–Crippen LogP) is 4.41. The van der Waals surface area contributed by atoms with E-state index in [0.29, 0.717) is 49.8 Å². The van der Waals surface area contributed by atoms with Crippen molar-refractivity contribution in [3.8, 4) is 0 Å². The maximum absolute atomic E-state index is 13.4. The lowest BCUT2D eigenvalue weighted by Gasteiger charge is -2.33. The number of nitro benzene ring substituents is 1. The Labute approximate surface area is 212 Å². The van der Waals surface area contributed by atoms with Gasteiger partial charge in [-0.25, -0.2) is 9.07 Å². The monoisotopic (exact) mass is 502 g/mol. The zero-order chi connectivity index (χ0) is 25.9. The number of non-ortho nitro benzene ring substituents is 1. The van der Waals surface area contributed by atoms with Crippen LogP contribution in [0.15, 0.2) is 77.6 Å². The number of hydrogen-bond donors (Lipinski definition) is 1. The van der Waals surface area contributed by atoms with Gasteiger partial charge in [0, 0.05) is 43.6 Å². The SMILES string of the molecule is O=c1c2ccccc2c(Cc2ccc(F)cc2)nn1C1CCN(CC(O)c2ccc([N+](=O)[O-])cc2)CC1. The normalized spacial score (nSPS) is 15.6. The molecule has 1 unspecified atom stereocenters. The Morgan fingerprint density at radius 2 is 1.65 bits per heavy atom. The lowest BCUT2D eigenvalue weighted by Crippen LogP contribution is -2.40.